The number of nitrogens with one attached hydrogen (secondary N) is 1. The highest BCUT2D eigenvalue weighted by Crippen LogP contribution is 2.67. The molecule has 0 aliphatic heterocycles. The molecule has 4 heteroatoms. The monoisotopic (exact) mass is 374 g/mol. The van der Waals surface area contributed by atoms with Gasteiger partial charge in [0.15, 0.2) is 0 Å². The topological polar surface area (TPSA) is 24.9 Å². The van der Waals surface area contributed by atoms with Crippen molar-refractivity contribution in [2.45, 2.75) is 34.2 Å². The molecule has 1 aliphatic carbocycles. The molecular formula is C14H20Br2N2. The van der Waals surface area contributed by atoms with Crippen LogP contribution in [0.25, 0.3) is 0 Å². The standard InChI is InChI=1S/C14H20Br2N2/c1-13(2)12(14(13,3)4)8-17-7-11-10(16)5-9(15)6-18-11/h5-6,12,17H,7-8H2,1-4H3. The summed E-state index contributed by atoms with van der Waals surface area (Å²) >= 11 is 6.96. The lowest BCUT2D eigenvalue weighted by Crippen LogP contribution is -2.19. The summed E-state index contributed by atoms with van der Waals surface area (Å²) in [5.41, 5.74) is 1.96. The van der Waals surface area contributed by atoms with E-state index < -0.39 is 0 Å². The predicted octanol–water partition coefficient (Wildman–Crippen LogP) is 4.38. The van der Waals surface area contributed by atoms with Gasteiger partial charge < -0.3 is 5.32 Å². The zero-order chi connectivity index (χ0) is 13.6. The van der Waals surface area contributed by atoms with Gasteiger partial charge >= 0.3 is 0 Å². The van der Waals surface area contributed by atoms with Gasteiger partial charge in [-0.1, -0.05) is 27.7 Å². The van der Waals surface area contributed by atoms with Gasteiger partial charge in [0.05, 0.1) is 5.69 Å². The molecule has 0 radical (unpaired) electrons. The van der Waals surface area contributed by atoms with Gasteiger partial charge in [0, 0.05) is 21.7 Å². The summed E-state index contributed by atoms with van der Waals surface area (Å²) in [6.45, 7) is 11.3. The lowest BCUT2D eigenvalue weighted by molar-refractivity contribution is 0.457. The highest BCUT2D eigenvalue weighted by molar-refractivity contribution is 9.11. The van der Waals surface area contributed by atoms with E-state index in [1.807, 2.05) is 12.3 Å². The van der Waals surface area contributed by atoms with E-state index in [0.717, 1.165) is 33.6 Å². The molecule has 0 atom stereocenters. The number of halogens is 2. The van der Waals surface area contributed by atoms with Crippen LogP contribution in [0.4, 0.5) is 0 Å². The first kappa shape index (κ1) is 14.5. The molecule has 1 aliphatic rings. The van der Waals surface area contributed by atoms with Crippen LogP contribution in [0.3, 0.4) is 0 Å². The first-order valence-corrected chi connectivity index (χ1v) is 7.86. The van der Waals surface area contributed by atoms with Crippen molar-refractivity contribution in [3.63, 3.8) is 0 Å². The number of aromatic nitrogens is 1. The molecule has 0 unspecified atom stereocenters. The molecule has 0 spiro atoms. The molecule has 2 rings (SSSR count). The number of hydrogen-bond donors (Lipinski definition) is 1. The number of hydrogen-bond acceptors (Lipinski definition) is 2. The van der Waals surface area contributed by atoms with E-state index >= 15 is 0 Å². The lowest BCUT2D eigenvalue weighted by Gasteiger charge is -2.07. The normalized spacial score (nSPS) is 21.0. The van der Waals surface area contributed by atoms with E-state index in [1.54, 1.807) is 0 Å². The van der Waals surface area contributed by atoms with Crippen molar-refractivity contribution in [2.75, 3.05) is 6.54 Å². The molecule has 1 heterocycles. The summed E-state index contributed by atoms with van der Waals surface area (Å²) in [5.74, 6) is 0.749. The summed E-state index contributed by atoms with van der Waals surface area (Å²) in [7, 11) is 0. The maximum atomic E-state index is 4.41. The second-order valence-corrected chi connectivity index (χ2v) is 7.98. The summed E-state index contributed by atoms with van der Waals surface area (Å²) < 4.78 is 2.06. The molecule has 100 valence electrons. The quantitative estimate of drug-likeness (QED) is 0.844. The fourth-order valence-electron chi connectivity index (χ4n) is 2.75. The summed E-state index contributed by atoms with van der Waals surface area (Å²) in [6, 6.07) is 2.04. The molecular weight excluding hydrogens is 356 g/mol. The molecule has 0 bridgehead atoms. The van der Waals surface area contributed by atoms with E-state index in [1.165, 1.54) is 0 Å². The minimum absolute atomic E-state index is 0.449. The number of nitrogens with zero attached hydrogens (tertiary/aromatic N) is 1. The van der Waals surface area contributed by atoms with Crippen LogP contribution in [-0.4, -0.2) is 11.5 Å². The zero-order valence-electron chi connectivity index (χ0n) is 11.3. The number of rotatable bonds is 4. The summed E-state index contributed by atoms with van der Waals surface area (Å²) in [4.78, 5) is 4.41. The second kappa shape index (κ2) is 4.88. The highest BCUT2D eigenvalue weighted by Gasteiger charge is 2.63. The van der Waals surface area contributed by atoms with Gasteiger partial charge in [-0.25, -0.2) is 0 Å². The minimum atomic E-state index is 0.449. The Labute approximate surface area is 126 Å². The molecule has 0 saturated heterocycles. The number of pyridine rings is 1. The van der Waals surface area contributed by atoms with Crippen LogP contribution >= 0.6 is 31.9 Å². The minimum Gasteiger partial charge on any atom is -0.311 e. The summed E-state index contributed by atoms with van der Waals surface area (Å²) in [6.07, 6.45) is 1.84. The van der Waals surface area contributed by atoms with Crippen LogP contribution in [0.1, 0.15) is 33.4 Å². The second-order valence-electron chi connectivity index (χ2n) is 6.21. The van der Waals surface area contributed by atoms with Crippen molar-refractivity contribution >= 4 is 31.9 Å². The third-order valence-corrected chi connectivity index (χ3v) is 5.96. The van der Waals surface area contributed by atoms with Gasteiger partial charge in [0.1, 0.15) is 0 Å². The Balaban J connectivity index is 1.87. The maximum Gasteiger partial charge on any atom is 0.0684 e. The van der Waals surface area contributed by atoms with Crippen LogP contribution in [0.15, 0.2) is 21.2 Å². The molecule has 0 aromatic carbocycles. The van der Waals surface area contributed by atoms with Gasteiger partial charge in [-0.15, -0.1) is 0 Å². The third kappa shape index (κ3) is 2.52. The van der Waals surface area contributed by atoms with Crippen LogP contribution in [0.2, 0.25) is 0 Å². The Hall–Kier alpha value is 0.0700. The van der Waals surface area contributed by atoms with Crippen molar-refractivity contribution in [2.24, 2.45) is 16.7 Å². The van der Waals surface area contributed by atoms with Gasteiger partial charge in [-0.3, -0.25) is 4.98 Å². The van der Waals surface area contributed by atoms with E-state index in [4.69, 9.17) is 0 Å². The van der Waals surface area contributed by atoms with Crippen molar-refractivity contribution in [3.8, 4) is 0 Å². The van der Waals surface area contributed by atoms with E-state index in [2.05, 4.69) is 69.9 Å². The van der Waals surface area contributed by atoms with Crippen molar-refractivity contribution in [1.29, 1.82) is 0 Å². The van der Waals surface area contributed by atoms with E-state index in [-0.39, 0.29) is 0 Å². The fraction of sp³-hybridized carbons (Fsp3) is 0.643. The largest absolute Gasteiger partial charge is 0.311 e. The fourth-order valence-corrected chi connectivity index (χ4v) is 3.88. The van der Waals surface area contributed by atoms with Crippen molar-refractivity contribution in [3.05, 3.63) is 26.9 Å². The lowest BCUT2D eigenvalue weighted by atomic mass is 10.0. The van der Waals surface area contributed by atoms with Gasteiger partial charge in [0.2, 0.25) is 0 Å². The Kier molecular flexibility index (Phi) is 3.92. The Bertz CT molecular complexity index is 441. The molecule has 1 saturated carbocycles. The molecule has 18 heavy (non-hydrogen) atoms. The van der Waals surface area contributed by atoms with Crippen molar-refractivity contribution < 1.29 is 0 Å². The molecule has 1 N–H and O–H groups in total. The van der Waals surface area contributed by atoms with Crippen LogP contribution in [-0.2, 0) is 6.54 Å². The summed E-state index contributed by atoms with van der Waals surface area (Å²) in [5, 5.41) is 3.53. The van der Waals surface area contributed by atoms with Crippen LogP contribution < -0.4 is 5.32 Å². The molecule has 1 aromatic heterocycles. The predicted molar refractivity (Wildman–Crippen MR) is 82.4 cm³/mol. The van der Waals surface area contributed by atoms with E-state index in [0.29, 0.717) is 10.8 Å². The zero-order valence-corrected chi connectivity index (χ0v) is 14.5. The maximum absolute atomic E-state index is 4.41. The van der Waals surface area contributed by atoms with E-state index in [9.17, 15) is 0 Å². The average Bonchev–Trinajstić information content (AvgIpc) is 2.63. The molecule has 0 amide bonds. The highest BCUT2D eigenvalue weighted by atomic mass is 79.9. The average molecular weight is 376 g/mol. The molecule has 2 nitrogen and oxygen atoms in total. The Morgan fingerprint density at radius 3 is 2.33 bits per heavy atom. The van der Waals surface area contributed by atoms with Crippen LogP contribution in [0, 0.1) is 16.7 Å². The molecule has 1 aromatic rings. The first-order chi connectivity index (χ1) is 8.26. The Morgan fingerprint density at radius 2 is 1.83 bits per heavy atom. The van der Waals surface area contributed by atoms with Gasteiger partial charge in [-0.05, 0) is 61.2 Å². The van der Waals surface area contributed by atoms with Gasteiger partial charge in [0.25, 0.3) is 0 Å². The van der Waals surface area contributed by atoms with Gasteiger partial charge in [-0.2, -0.15) is 0 Å². The Morgan fingerprint density at radius 1 is 1.22 bits per heavy atom. The van der Waals surface area contributed by atoms with Crippen LogP contribution in [0.5, 0.6) is 0 Å². The SMILES string of the molecule is CC1(C)C(CNCc2ncc(Br)cc2Br)C1(C)C. The molecule has 1 fully saturated rings. The van der Waals surface area contributed by atoms with Crippen molar-refractivity contribution in [1.82, 2.24) is 10.3 Å². The first-order valence-electron chi connectivity index (χ1n) is 6.27. The third-order valence-electron chi connectivity index (χ3n) is 4.84. The smallest absolute Gasteiger partial charge is 0.0684 e.